The summed E-state index contributed by atoms with van der Waals surface area (Å²) in [5.41, 5.74) is 28.3. The highest BCUT2D eigenvalue weighted by molar-refractivity contribution is 7.33. The predicted molar refractivity (Wildman–Crippen MR) is 350 cm³/mol. The maximum Gasteiger partial charge on any atom is 0.264 e. The van der Waals surface area contributed by atoms with E-state index in [1.165, 1.54) is 207 Å². The summed E-state index contributed by atoms with van der Waals surface area (Å²) in [6.07, 6.45) is 22.6. The van der Waals surface area contributed by atoms with Gasteiger partial charge in [0, 0.05) is 53.8 Å². The lowest BCUT2D eigenvalue weighted by Gasteiger charge is -2.46. The highest BCUT2D eigenvalue weighted by Gasteiger charge is 2.51. The molecule has 0 radical (unpaired) electrons. The number of hydrogen-bond donors (Lipinski definition) is 0. The minimum atomic E-state index is -0.0182. The fourth-order valence-electron chi connectivity index (χ4n) is 18.7. The molecule has 0 saturated heterocycles. The third-order valence-corrected chi connectivity index (χ3v) is 24.7. The van der Waals surface area contributed by atoms with Gasteiger partial charge in [-0.05, 0) is 219 Å². The van der Waals surface area contributed by atoms with Gasteiger partial charge in [0.05, 0.1) is 11.4 Å². The maximum atomic E-state index is 7.52. The van der Waals surface area contributed by atoms with E-state index in [9.17, 15) is 0 Å². The van der Waals surface area contributed by atoms with Crippen molar-refractivity contribution >= 4 is 99.9 Å². The number of para-hydroxylation sites is 1. The van der Waals surface area contributed by atoms with Gasteiger partial charge in [0.1, 0.15) is 5.58 Å². The molecule has 2 aliphatic heterocycles. The van der Waals surface area contributed by atoms with E-state index in [2.05, 4.69) is 192 Å². The molecule has 3 nitrogen and oxygen atoms in total. The molecule has 2 aromatic heterocycles. The van der Waals surface area contributed by atoms with Crippen LogP contribution >= 0.6 is 11.3 Å². The van der Waals surface area contributed by atoms with E-state index >= 15 is 0 Å². The van der Waals surface area contributed by atoms with Gasteiger partial charge in [-0.15, -0.1) is 11.3 Å². The molecule has 0 amide bonds. The molecule has 0 unspecified atom stereocenters. The van der Waals surface area contributed by atoms with Crippen LogP contribution in [-0.4, -0.2) is 6.71 Å². The number of hydrogen-bond acceptors (Lipinski definition) is 4. The molecule has 0 atom stereocenters. The van der Waals surface area contributed by atoms with Gasteiger partial charge in [0.25, 0.3) is 6.71 Å². The lowest BCUT2D eigenvalue weighted by molar-refractivity contribution is 0.332. The number of nitrogens with zero attached hydrogens (tertiary/aromatic N) is 2. The Labute approximate surface area is 492 Å². The lowest BCUT2D eigenvalue weighted by Crippen LogP contribution is -2.60. The molecule has 414 valence electrons. The first-order chi connectivity index (χ1) is 39.6. The zero-order chi connectivity index (χ0) is 55.4. The third-order valence-electron chi connectivity index (χ3n) is 23.5. The maximum absolute atomic E-state index is 7.52. The highest BCUT2D eigenvalue weighted by atomic mass is 32.1. The predicted octanol–water partition coefficient (Wildman–Crippen LogP) is 20.5. The van der Waals surface area contributed by atoms with Crippen LogP contribution in [0.5, 0.6) is 0 Å². The van der Waals surface area contributed by atoms with Crippen molar-refractivity contribution < 1.29 is 4.42 Å². The number of furan rings is 1. The Morgan fingerprint density at radius 1 is 0.476 bits per heavy atom. The van der Waals surface area contributed by atoms with Gasteiger partial charge in [-0.25, -0.2) is 0 Å². The van der Waals surface area contributed by atoms with Crippen LogP contribution in [0.4, 0.5) is 34.1 Å². The molecule has 8 aliphatic rings. The first kappa shape index (κ1) is 50.5. The second-order valence-electron chi connectivity index (χ2n) is 30.0. The monoisotopic (exact) mass is 1090 g/mol. The summed E-state index contributed by atoms with van der Waals surface area (Å²) in [6.45, 7) is 20.2. The van der Waals surface area contributed by atoms with Gasteiger partial charge in [-0.2, -0.15) is 0 Å². The fourth-order valence-corrected chi connectivity index (χ4v) is 20.1. The Balaban J connectivity index is 1.01. The molecule has 6 aliphatic carbocycles. The van der Waals surface area contributed by atoms with E-state index in [0.29, 0.717) is 11.8 Å². The summed E-state index contributed by atoms with van der Waals surface area (Å²) in [5, 5.41) is 4.01. The molecule has 17 rings (SSSR count). The zero-order valence-electron chi connectivity index (χ0n) is 50.1. The van der Waals surface area contributed by atoms with Gasteiger partial charge in [0.2, 0.25) is 0 Å². The van der Waals surface area contributed by atoms with E-state index in [1.807, 2.05) is 0 Å². The number of fused-ring (bicyclic) bond motifs is 17. The van der Waals surface area contributed by atoms with Crippen molar-refractivity contribution in [1.29, 1.82) is 0 Å². The molecule has 4 heterocycles. The van der Waals surface area contributed by atoms with Crippen LogP contribution in [0.1, 0.15) is 227 Å². The van der Waals surface area contributed by atoms with E-state index in [-0.39, 0.29) is 33.8 Å². The lowest BCUT2D eigenvalue weighted by atomic mass is 9.36. The summed E-state index contributed by atoms with van der Waals surface area (Å²) < 4.78 is 10.5. The molecule has 5 heteroatoms. The SMILES string of the molecule is CC1(C)CCC(C)(C)c2cc3c4c(sc3cc21)B1c2ccc(C3CCCCC3)cc2N(c2cc3c(c5c2oc2ccccc25)C(C)(C)CCC3(C)C)c2cc(C3CCCCC3)cc(c21)N4c1ccc2c(c1)C1(CCCC1)c1ccccc1-2. The smallest absolute Gasteiger partial charge is 0.264 e. The van der Waals surface area contributed by atoms with Crippen molar-refractivity contribution in [3.63, 3.8) is 0 Å². The highest BCUT2D eigenvalue weighted by Crippen LogP contribution is 2.61. The summed E-state index contributed by atoms with van der Waals surface area (Å²) in [6, 6.07) is 47.8. The number of benzene rings is 7. The molecule has 0 bridgehead atoms. The Morgan fingerprint density at radius 2 is 1.10 bits per heavy atom. The Kier molecular flexibility index (Phi) is 10.8. The first-order valence-corrected chi connectivity index (χ1v) is 33.2. The standard InChI is InChI=1S/C77H81BN2OS/c1-73(2)35-36-74(3,4)58-45-66-54(43-57(58)73)70-72(82-66)78-60-32-29-48(46-21-11-9-12-22-46)39-61(60)80(64-44-59-68(76(7,8)38-37-75(59,5)6)67-53-26-16-18-28-65(53)81-71(64)67)63-41-49(47-23-13-10-14-24-47)40-62(69(63)78)79(70)50-30-31-52-51-25-15-17-27-55(51)77(56(52)42-50)33-19-20-34-77/h15-18,25-32,39-47H,9-14,19-24,33-38H2,1-8H3. The molecule has 82 heavy (non-hydrogen) atoms. The van der Waals surface area contributed by atoms with Crippen LogP contribution in [0.3, 0.4) is 0 Å². The average molecular weight is 1090 g/mol. The van der Waals surface area contributed by atoms with Crippen molar-refractivity contribution in [1.82, 2.24) is 0 Å². The van der Waals surface area contributed by atoms with Crippen LogP contribution in [0.25, 0.3) is 43.2 Å². The molecule has 3 saturated carbocycles. The van der Waals surface area contributed by atoms with Crippen molar-refractivity contribution in [2.24, 2.45) is 0 Å². The van der Waals surface area contributed by atoms with Crippen molar-refractivity contribution in [2.45, 2.75) is 210 Å². The van der Waals surface area contributed by atoms with Crippen molar-refractivity contribution in [2.75, 3.05) is 9.80 Å². The van der Waals surface area contributed by atoms with Crippen LogP contribution in [0, 0.1) is 0 Å². The van der Waals surface area contributed by atoms with Gasteiger partial charge in [-0.1, -0.05) is 167 Å². The zero-order valence-corrected chi connectivity index (χ0v) is 51.0. The minimum absolute atomic E-state index is 0.0105. The van der Waals surface area contributed by atoms with E-state index in [1.54, 1.807) is 22.3 Å². The second-order valence-corrected chi connectivity index (χ2v) is 31.1. The normalized spacial score (nSPS) is 21.6. The summed E-state index contributed by atoms with van der Waals surface area (Å²) in [7, 11) is 0. The van der Waals surface area contributed by atoms with E-state index < -0.39 is 0 Å². The Bertz CT molecular complexity index is 4180. The van der Waals surface area contributed by atoms with Crippen molar-refractivity contribution in [3.05, 3.63) is 160 Å². The Hall–Kier alpha value is -6.04. The first-order valence-electron chi connectivity index (χ1n) is 32.4. The molecular weight excluding hydrogens is 1010 g/mol. The number of thiophene rings is 1. The van der Waals surface area contributed by atoms with E-state index in [0.717, 1.165) is 24.0 Å². The van der Waals surface area contributed by atoms with Crippen LogP contribution in [-0.2, 0) is 27.1 Å². The van der Waals surface area contributed by atoms with Crippen LogP contribution in [0.2, 0.25) is 0 Å². The average Bonchev–Trinajstić information content (AvgIpc) is 3.43. The summed E-state index contributed by atoms with van der Waals surface area (Å²) in [4.78, 5) is 5.68. The minimum Gasteiger partial charge on any atom is -0.454 e. The van der Waals surface area contributed by atoms with Crippen LogP contribution in [0.15, 0.2) is 120 Å². The quantitative estimate of drug-likeness (QED) is 0.164. The molecule has 7 aromatic carbocycles. The summed E-state index contributed by atoms with van der Waals surface area (Å²) >= 11 is 2.11. The van der Waals surface area contributed by atoms with Gasteiger partial charge >= 0.3 is 0 Å². The number of rotatable bonds is 4. The number of anilines is 6. The largest absolute Gasteiger partial charge is 0.454 e. The second kappa shape index (κ2) is 17.5. The third kappa shape index (κ3) is 7.01. The van der Waals surface area contributed by atoms with Crippen LogP contribution < -0.4 is 25.5 Å². The van der Waals surface area contributed by atoms with Crippen molar-refractivity contribution in [3.8, 4) is 11.1 Å². The Morgan fingerprint density at radius 3 is 1.84 bits per heavy atom. The molecule has 9 aromatic rings. The molecule has 1 spiro atoms. The van der Waals surface area contributed by atoms with E-state index in [4.69, 9.17) is 4.42 Å². The molecule has 0 N–H and O–H groups in total. The van der Waals surface area contributed by atoms with Gasteiger partial charge < -0.3 is 14.2 Å². The molecule has 3 fully saturated rings. The molecular formula is C77H81BN2OS. The van der Waals surface area contributed by atoms with Gasteiger partial charge in [-0.3, -0.25) is 0 Å². The van der Waals surface area contributed by atoms with Gasteiger partial charge in [0.15, 0.2) is 5.58 Å². The summed E-state index contributed by atoms with van der Waals surface area (Å²) in [5.74, 6) is 1.06. The fraction of sp³-hybridized carbons (Fsp3) is 0.429. The topological polar surface area (TPSA) is 19.6 Å².